The Bertz CT molecular complexity index is 320. The van der Waals surface area contributed by atoms with Gasteiger partial charge in [-0.05, 0) is 29.9 Å². The summed E-state index contributed by atoms with van der Waals surface area (Å²) in [6, 6.07) is 8.51. The quantitative estimate of drug-likeness (QED) is 0.885. The highest BCUT2D eigenvalue weighted by Crippen LogP contribution is 2.27. The first-order valence-corrected chi connectivity index (χ1v) is 6.25. The molecule has 2 N–H and O–H groups in total. The lowest BCUT2D eigenvalue weighted by atomic mass is 9.79. The van der Waals surface area contributed by atoms with Crippen molar-refractivity contribution in [2.24, 2.45) is 11.1 Å². The highest BCUT2D eigenvalue weighted by molar-refractivity contribution is 9.10. The van der Waals surface area contributed by atoms with Gasteiger partial charge in [-0.15, -0.1) is 0 Å². The molecule has 1 rings (SSSR count). The largest absolute Gasteiger partial charge is 0.327 e. The zero-order chi connectivity index (χ0) is 11.5. The average molecular weight is 270 g/mol. The first-order chi connectivity index (χ1) is 6.97. The van der Waals surface area contributed by atoms with E-state index >= 15 is 0 Å². The number of rotatable bonds is 4. The highest BCUT2D eigenvalue weighted by Gasteiger charge is 2.24. The molecule has 2 heteroatoms. The van der Waals surface area contributed by atoms with Gasteiger partial charge in [-0.2, -0.15) is 0 Å². The van der Waals surface area contributed by atoms with Crippen LogP contribution in [0.3, 0.4) is 0 Å². The Labute approximate surface area is 101 Å². The second-order valence-corrected chi connectivity index (χ2v) is 5.60. The zero-order valence-corrected chi connectivity index (χ0v) is 11.3. The molecular weight excluding hydrogens is 250 g/mol. The molecule has 1 aromatic carbocycles. The van der Waals surface area contributed by atoms with E-state index in [9.17, 15) is 0 Å². The highest BCUT2D eigenvalue weighted by atomic mass is 79.9. The molecule has 0 bridgehead atoms. The minimum Gasteiger partial charge on any atom is -0.327 e. The van der Waals surface area contributed by atoms with Crippen molar-refractivity contribution in [2.75, 3.05) is 0 Å². The minimum atomic E-state index is 0.204. The van der Waals surface area contributed by atoms with E-state index in [2.05, 4.69) is 54.9 Å². The molecule has 0 saturated heterocycles. The standard InChI is InChI=1S/C13H20BrN/c1-4-13(2,3)12(15)9-10-7-5-6-8-11(10)14/h5-8,12H,4,9,15H2,1-3H3. The van der Waals surface area contributed by atoms with Crippen LogP contribution in [0.15, 0.2) is 28.7 Å². The van der Waals surface area contributed by atoms with Gasteiger partial charge in [0, 0.05) is 10.5 Å². The molecular formula is C13H20BrN. The molecule has 84 valence electrons. The van der Waals surface area contributed by atoms with Crippen LogP contribution in [0, 0.1) is 5.41 Å². The Morgan fingerprint density at radius 3 is 2.47 bits per heavy atom. The van der Waals surface area contributed by atoms with Gasteiger partial charge in [-0.25, -0.2) is 0 Å². The lowest BCUT2D eigenvalue weighted by Gasteiger charge is -2.30. The first kappa shape index (κ1) is 12.7. The zero-order valence-electron chi connectivity index (χ0n) is 9.76. The van der Waals surface area contributed by atoms with Crippen molar-refractivity contribution in [1.29, 1.82) is 0 Å². The van der Waals surface area contributed by atoms with Crippen LogP contribution in [0.4, 0.5) is 0 Å². The summed E-state index contributed by atoms with van der Waals surface area (Å²) in [6.45, 7) is 6.66. The SMILES string of the molecule is CCC(C)(C)C(N)Cc1ccccc1Br. The molecule has 0 spiro atoms. The Morgan fingerprint density at radius 1 is 1.33 bits per heavy atom. The van der Waals surface area contributed by atoms with Crippen molar-refractivity contribution in [1.82, 2.24) is 0 Å². The molecule has 0 amide bonds. The van der Waals surface area contributed by atoms with Crippen LogP contribution < -0.4 is 5.73 Å². The van der Waals surface area contributed by atoms with Crippen molar-refractivity contribution >= 4 is 15.9 Å². The van der Waals surface area contributed by atoms with E-state index in [1.165, 1.54) is 5.56 Å². The van der Waals surface area contributed by atoms with E-state index in [0.29, 0.717) is 0 Å². The van der Waals surface area contributed by atoms with E-state index in [0.717, 1.165) is 17.3 Å². The molecule has 0 saturated carbocycles. The summed E-state index contributed by atoms with van der Waals surface area (Å²) >= 11 is 3.56. The first-order valence-electron chi connectivity index (χ1n) is 5.46. The van der Waals surface area contributed by atoms with Crippen LogP contribution in [0.1, 0.15) is 32.8 Å². The topological polar surface area (TPSA) is 26.0 Å². The summed E-state index contributed by atoms with van der Waals surface area (Å²) in [5.74, 6) is 0. The van der Waals surface area contributed by atoms with Gasteiger partial charge in [-0.1, -0.05) is 54.9 Å². The molecule has 0 fully saturated rings. The summed E-state index contributed by atoms with van der Waals surface area (Å²) < 4.78 is 1.16. The summed E-state index contributed by atoms with van der Waals surface area (Å²) in [5, 5.41) is 0. The molecule has 1 aromatic rings. The second-order valence-electron chi connectivity index (χ2n) is 4.74. The number of hydrogen-bond acceptors (Lipinski definition) is 1. The van der Waals surface area contributed by atoms with Crippen molar-refractivity contribution in [3.63, 3.8) is 0 Å². The Balaban J connectivity index is 2.75. The van der Waals surface area contributed by atoms with E-state index in [1.807, 2.05) is 6.07 Å². The minimum absolute atomic E-state index is 0.204. The van der Waals surface area contributed by atoms with Crippen molar-refractivity contribution < 1.29 is 0 Å². The third kappa shape index (κ3) is 3.32. The molecule has 15 heavy (non-hydrogen) atoms. The summed E-state index contributed by atoms with van der Waals surface area (Å²) in [7, 11) is 0. The Hall–Kier alpha value is -0.340. The van der Waals surface area contributed by atoms with Crippen LogP contribution in [0.2, 0.25) is 0 Å². The molecule has 0 aliphatic carbocycles. The third-order valence-electron chi connectivity index (χ3n) is 3.31. The fourth-order valence-corrected chi connectivity index (χ4v) is 1.89. The molecule has 1 atom stereocenters. The summed E-state index contributed by atoms with van der Waals surface area (Å²) in [6.07, 6.45) is 2.04. The number of hydrogen-bond donors (Lipinski definition) is 1. The van der Waals surface area contributed by atoms with Crippen LogP contribution in [-0.2, 0) is 6.42 Å². The van der Waals surface area contributed by atoms with Gasteiger partial charge >= 0.3 is 0 Å². The van der Waals surface area contributed by atoms with Gasteiger partial charge in [0.25, 0.3) is 0 Å². The molecule has 0 radical (unpaired) electrons. The van der Waals surface area contributed by atoms with Crippen molar-refractivity contribution in [3.8, 4) is 0 Å². The molecule has 0 aromatic heterocycles. The maximum atomic E-state index is 6.24. The lowest BCUT2D eigenvalue weighted by molar-refractivity contribution is 0.272. The molecule has 1 unspecified atom stereocenters. The number of benzene rings is 1. The number of halogens is 1. The predicted molar refractivity (Wildman–Crippen MR) is 69.9 cm³/mol. The normalized spacial score (nSPS) is 13.9. The van der Waals surface area contributed by atoms with E-state index in [-0.39, 0.29) is 11.5 Å². The smallest absolute Gasteiger partial charge is 0.0207 e. The monoisotopic (exact) mass is 269 g/mol. The van der Waals surface area contributed by atoms with Crippen LogP contribution in [-0.4, -0.2) is 6.04 Å². The van der Waals surface area contributed by atoms with Gasteiger partial charge in [0.1, 0.15) is 0 Å². The third-order valence-corrected chi connectivity index (χ3v) is 4.09. The lowest BCUT2D eigenvalue weighted by Crippen LogP contribution is -2.38. The van der Waals surface area contributed by atoms with Crippen LogP contribution >= 0.6 is 15.9 Å². The van der Waals surface area contributed by atoms with E-state index < -0.39 is 0 Å². The molecule has 1 nitrogen and oxygen atoms in total. The summed E-state index contributed by atoms with van der Waals surface area (Å²) in [5.41, 5.74) is 7.74. The van der Waals surface area contributed by atoms with Gasteiger partial charge in [0.15, 0.2) is 0 Å². The van der Waals surface area contributed by atoms with Crippen LogP contribution in [0.5, 0.6) is 0 Å². The van der Waals surface area contributed by atoms with Crippen molar-refractivity contribution in [2.45, 2.75) is 39.7 Å². The van der Waals surface area contributed by atoms with Gasteiger partial charge < -0.3 is 5.73 Å². The Morgan fingerprint density at radius 2 is 1.93 bits per heavy atom. The Kier molecular flexibility index (Phi) is 4.35. The van der Waals surface area contributed by atoms with Gasteiger partial charge in [0.2, 0.25) is 0 Å². The second kappa shape index (κ2) is 5.13. The number of nitrogens with two attached hydrogens (primary N) is 1. The maximum Gasteiger partial charge on any atom is 0.0207 e. The fraction of sp³-hybridized carbons (Fsp3) is 0.538. The van der Waals surface area contributed by atoms with E-state index in [4.69, 9.17) is 5.73 Å². The molecule has 0 aliphatic heterocycles. The maximum absolute atomic E-state index is 6.24. The van der Waals surface area contributed by atoms with Gasteiger partial charge in [0.05, 0.1) is 0 Å². The molecule has 0 heterocycles. The van der Waals surface area contributed by atoms with Gasteiger partial charge in [-0.3, -0.25) is 0 Å². The predicted octanol–water partition coefficient (Wildman–Crippen LogP) is 3.76. The van der Waals surface area contributed by atoms with Crippen molar-refractivity contribution in [3.05, 3.63) is 34.3 Å². The summed E-state index contributed by atoms with van der Waals surface area (Å²) in [4.78, 5) is 0. The fourth-order valence-electron chi connectivity index (χ4n) is 1.44. The van der Waals surface area contributed by atoms with Crippen LogP contribution in [0.25, 0.3) is 0 Å². The van der Waals surface area contributed by atoms with E-state index in [1.54, 1.807) is 0 Å². The average Bonchev–Trinajstić information content (AvgIpc) is 2.21. The molecule has 0 aliphatic rings.